The summed E-state index contributed by atoms with van der Waals surface area (Å²) < 4.78 is 5.50. The first-order valence-corrected chi connectivity index (χ1v) is 8.54. The maximum atomic E-state index is 5.50. The van der Waals surface area contributed by atoms with Crippen molar-refractivity contribution in [2.24, 2.45) is 0 Å². The summed E-state index contributed by atoms with van der Waals surface area (Å²) in [5, 5.41) is 0. The number of aromatic nitrogens is 4. The van der Waals surface area contributed by atoms with Gasteiger partial charge < -0.3 is 9.64 Å². The van der Waals surface area contributed by atoms with Crippen LogP contribution in [0, 0.1) is 6.92 Å². The third-order valence-electron chi connectivity index (χ3n) is 4.48. The Hall–Kier alpha value is -2.60. The zero-order chi connectivity index (χ0) is 17.2. The van der Waals surface area contributed by atoms with E-state index in [4.69, 9.17) is 9.72 Å². The number of benzene rings is 1. The lowest BCUT2D eigenvalue weighted by Crippen LogP contribution is -2.20. The van der Waals surface area contributed by atoms with Crippen LogP contribution in [0.25, 0.3) is 11.0 Å². The van der Waals surface area contributed by atoms with Gasteiger partial charge in [-0.05, 0) is 25.5 Å². The molecule has 0 aliphatic carbocycles. The topological polar surface area (TPSA) is 64.0 Å². The number of hydrogen-bond acceptors (Lipinski definition) is 6. The number of hydrogen-bond donors (Lipinski definition) is 0. The number of aryl methyl sites for hydroxylation is 1. The molecule has 0 bridgehead atoms. The van der Waals surface area contributed by atoms with Gasteiger partial charge in [-0.3, -0.25) is 4.98 Å². The molecule has 1 saturated heterocycles. The third-order valence-corrected chi connectivity index (χ3v) is 4.48. The molecule has 0 radical (unpaired) electrons. The quantitative estimate of drug-likeness (QED) is 0.730. The molecule has 0 saturated carbocycles. The molecule has 1 aliphatic heterocycles. The largest absolute Gasteiger partial charge is 0.381 e. The molecule has 2 aromatic heterocycles. The normalized spacial score (nSPS) is 17.1. The molecule has 0 amide bonds. The first-order chi connectivity index (χ1) is 12.2. The molecule has 4 rings (SSSR count). The van der Waals surface area contributed by atoms with E-state index in [0.29, 0.717) is 12.5 Å². The van der Waals surface area contributed by atoms with Gasteiger partial charge in [0, 0.05) is 25.6 Å². The summed E-state index contributed by atoms with van der Waals surface area (Å²) in [6, 6.07) is 9.98. The van der Waals surface area contributed by atoms with E-state index in [9.17, 15) is 0 Å². The van der Waals surface area contributed by atoms with Crippen LogP contribution < -0.4 is 4.90 Å². The number of anilines is 1. The molecular weight excluding hydrogens is 314 g/mol. The van der Waals surface area contributed by atoms with Crippen molar-refractivity contribution < 1.29 is 4.74 Å². The van der Waals surface area contributed by atoms with Gasteiger partial charge in [-0.25, -0.2) is 15.0 Å². The van der Waals surface area contributed by atoms with Crippen molar-refractivity contribution >= 4 is 16.9 Å². The summed E-state index contributed by atoms with van der Waals surface area (Å²) in [5.74, 6) is 2.06. The fourth-order valence-electron chi connectivity index (χ4n) is 3.14. The van der Waals surface area contributed by atoms with Gasteiger partial charge in [0.05, 0.1) is 41.8 Å². The van der Waals surface area contributed by atoms with Crippen molar-refractivity contribution in [1.82, 2.24) is 19.9 Å². The molecule has 1 fully saturated rings. The second kappa shape index (κ2) is 6.72. The van der Waals surface area contributed by atoms with Crippen LogP contribution in [0.4, 0.5) is 5.82 Å². The van der Waals surface area contributed by atoms with E-state index in [1.807, 2.05) is 44.4 Å². The molecule has 1 unspecified atom stereocenters. The van der Waals surface area contributed by atoms with Gasteiger partial charge in [0.25, 0.3) is 0 Å². The summed E-state index contributed by atoms with van der Waals surface area (Å²) >= 11 is 0. The maximum Gasteiger partial charge on any atom is 0.132 e. The average Bonchev–Trinajstić information content (AvgIpc) is 3.16. The fourth-order valence-corrected chi connectivity index (χ4v) is 3.14. The average molecular weight is 335 g/mol. The summed E-state index contributed by atoms with van der Waals surface area (Å²) in [6.45, 7) is 4.14. The SMILES string of the molecule is Cc1nc(C2CCOC2)cc(N(C)Cc2cnc3ccccc3n2)n1. The van der Waals surface area contributed by atoms with E-state index in [1.54, 1.807) is 0 Å². The Labute approximate surface area is 146 Å². The Bertz CT molecular complexity index is 892. The predicted octanol–water partition coefficient (Wildman–Crippen LogP) is 2.87. The highest BCUT2D eigenvalue weighted by molar-refractivity contribution is 5.73. The van der Waals surface area contributed by atoms with Crippen LogP contribution >= 0.6 is 0 Å². The first kappa shape index (κ1) is 15.9. The smallest absolute Gasteiger partial charge is 0.132 e. The number of para-hydroxylation sites is 2. The molecule has 128 valence electrons. The minimum Gasteiger partial charge on any atom is -0.381 e. The number of nitrogens with zero attached hydrogens (tertiary/aromatic N) is 5. The molecule has 6 heteroatoms. The molecule has 25 heavy (non-hydrogen) atoms. The Morgan fingerprint density at radius 3 is 2.80 bits per heavy atom. The monoisotopic (exact) mass is 335 g/mol. The summed E-state index contributed by atoms with van der Waals surface area (Å²) in [5.41, 5.74) is 3.81. The zero-order valence-electron chi connectivity index (χ0n) is 14.5. The molecule has 3 heterocycles. The molecule has 1 atom stereocenters. The van der Waals surface area contributed by atoms with Crippen molar-refractivity contribution in [3.8, 4) is 0 Å². The van der Waals surface area contributed by atoms with Crippen LogP contribution in [0.5, 0.6) is 0 Å². The van der Waals surface area contributed by atoms with Crippen molar-refractivity contribution in [2.45, 2.75) is 25.8 Å². The Morgan fingerprint density at radius 1 is 1.16 bits per heavy atom. The Morgan fingerprint density at radius 2 is 2.00 bits per heavy atom. The molecule has 1 aliphatic rings. The fraction of sp³-hybridized carbons (Fsp3) is 0.368. The lowest BCUT2D eigenvalue weighted by Gasteiger charge is -2.20. The minimum absolute atomic E-state index is 0.370. The van der Waals surface area contributed by atoms with Gasteiger partial charge >= 0.3 is 0 Å². The summed E-state index contributed by atoms with van der Waals surface area (Å²) in [6.07, 6.45) is 2.86. The molecular formula is C19H21N5O. The number of fused-ring (bicyclic) bond motifs is 1. The minimum atomic E-state index is 0.370. The highest BCUT2D eigenvalue weighted by Crippen LogP contribution is 2.26. The van der Waals surface area contributed by atoms with E-state index < -0.39 is 0 Å². The number of ether oxygens (including phenoxy) is 1. The maximum absolute atomic E-state index is 5.50. The highest BCUT2D eigenvalue weighted by Gasteiger charge is 2.21. The van der Waals surface area contributed by atoms with E-state index in [1.165, 1.54) is 0 Å². The molecule has 6 nitrogen and oxygen atoms in total. The van der Waals surface area contributed by atoms with Crippen LogP contribution in [0.2, 0.25) is 0 Å². The van der Waals surface area contributed by atoms with E-state index in [-0.39, 0.29) is 0 Å². The van der Waals surface area contributed by atoms with E-state index in [0.717, 1.165) is 53.7 Å². The summed E-state index contributed by atoms with van der Waals surface area (Å²) in [4.78, 5) is 20.5. The van der Waals surface area contributed by atoms with E-state index >= 15 is 0 Å². The molecule has 0 spiro atoms. The van der Waals surface area contributed by atoms with Crippen LogP contribution in [0.1, 0.15) is 29.6 Å². The van der Waals surface area contributed by atoms with Gasteiger partial charge in [0.2, 0.25) is 0 Å². The van der Waals surface area contributed by atoms with Crippen LogP contribution in [0.3, 0.4) is 0 Å². The Balaban J connectivity index is 1.58. The van der Waals surface area contributed by atoms with Gasteiger partial charge in [-0.15, -0.1) is 0 Å². The van der Waals surface area contributed by atoms with Crippen molar-refractivity contribution in [3.05, 3.63) is 53.7 Å². The van der Waals surface area contributed by atoms with Gasteiger partial charge in [-0.2, -0.15) is 0 Å². The predicted molar refractivity (Wildman–Crippen MR) is 96.6 cm³/mol. The lowest BCUT2D eigenvalue weighted by atomic mass is 10.0. The van der Waals surface area contributed by atoms with Crippen molar-refractivity contribution in [2.75, 3.05) is 25.2 Å². The van der Waals surface area contributed by atoms with E-state index in [2.05, 4.69) is 25.9 Å². The van der Waals surface area contributed by atoms with Crippen LogP contribution in [0.15, 0.2) is 36.5 Å². The van der Waals surface area contributed by atoms with Gasteiger partial charge in [0.1, 0.15) is 11.6 Å². The molecule has 3 aromatic rings. The van der Waals surface area contributed by atoms with Crippen LogP contribution in [-0.2, 0) is 11.3 Å². The third kappa shape index (κ3) is 3.44. The standard InChI is InChI=1S/C19H21N5O/c1-13-21-18(14-7-8-25-12-14)9-19(22-13)24(2)11-15-10-20-16-5-3-4-6-17(16)23-15/h3-6,9-10,14H,7-8,11-12H2,1-2H3. The summed E-state index contributed by atoms with van der Waals surface area (Å²) in [7, 11) is 2.02. The zero-order valence-corrected chi connectivity index (χ0v) is 14.5. The molecule has 0 N–H and O–H groups in total. The first-order valence-electron chi connectivity index (χ1n) is 8.54. The van der Waals surface area contributed by atoms with Gasteiger partial charge in [-0.1, -0.05) is 12.1 Å². The number of rotatable bonds is 4. The van der Waals surface area contributed by atoms with Crippen molar-refractivity contribution in [1.29, 1.82) is 0 Å². The molecule has 1 aromatic carbocycles. The van der Waals surface area contributed by atoms with Crippen molar-refractivity contribution in [3.63, 3.8) is 0 Å². The van der Waals surface area contributed by atoms with Crippen LogP contribution in [-0.4, -0.2) is 40.2 Å². The highest BCUT2D eigenvalue weighted by atomic mass is 16.5. The Kier molecular flexibility index (Phi) is 4.28. The lowest BCUT2D eigenvalue weighted by molar-refractivity contribution is 0.193. The van der Waals surface area contributed by atoms with Gasteiger partial charge in [0.15, 0.2) is 0 Å². The second-order valence-corrected chi connectivity index (χ2v) is 6.46. The second-order valence-electron chi connectivity index (χ2n) is 6.46.